The first-order valence-corrected chi connectivity index (χ1v) is 4.82. The van der Waals surface area contributed by atoms with E-state index in [0.717, 1.165) is 16.9 Å². The van der Waals surface area contributed by atoms with E-state index in [2.05, 4.69) is 10.1 Å². The average Bonchev–Trinajstić information content (AvgIpc) is 2.65. The molecule has 5 heteroatoms. The lowest BCUT2D eigenvalue weighted by Gasteiger charge is -2.04. The molecule has 1 aromatic heterocycles. The van der Waals surface area contributed by atoms with E-state index in [1.807, 2.05) is 25.1 Å². The van der Waals surface area contributed by atoms with Crippen molar-refractivity contribution in [1.82, 2.24) is 10.1 Å². The second-order valence-corrected chi connectivity index (χ2v) is 3.46. The van der Waals surface area contributed by atoms with Crippen LogP contribution in [0.15, 0.2) is 22.7 Å². The molecule has 1 aromatic carbocycles. The van der Waals surface area contributed by atoms with Gasteiger partial charge in [-0.05, 0) is 42.9 Å². The van der Waals surface area contributed by atoms with Gasteiger partial charge in [0.15, 0.2) is 5.82 Å². The SMILES string of the molecule is COc1ccc(-c2nc(=S)o[nH]2)cc1C. The van der Waals surface area contributed by atoms with Gasteiger partial charge in [0, 0.05) is 5.56 Å². The number of aromatic nitrogens is 2. The van der Waals surface area contributed by atoms with E-state index < -0.39 is 0 Å². The van der Waals surface area contributed by atoms with Crippen LogP contribution in [0.3, 0.4) is 0 Å². The Kier molecular flexibility index (Phi) is 2.55. The van der Waals surface area contributed by atoms with Crippen LogP contribution in [-0.4, -0.2) is 17.3 Å². The first kappa shape index (κ1) is 9.92. The molecule has 0 saturated heterocycles. The van der Waals surface area contributed by atoms with Crippen molar-refractivity contribution in [2.45, 2.75) is 6.92 Å². The summed E-state index contributed by atoms with van der Waals surface area (Å²) in [5.41, 5.74) is 1.96. The van der Waals surface area contributed by atoms with Gasteiger partial charge in [0.05, 0.1) is 7.11 Å². The maximum Gasteiger partial charge on any atom is 0.314 e. The summed E-state index contributed by atoms with van der Waals surface area (Å²) >= 11 is 4.78. The molecule has 0 aliphatic rings. The van der Waals surface area contributed by atoms with Gasteiger partial charge in [-0.1, -0.05) is 0 Å². The predicted molar refractivity (Wildman–Crippen MR) is 58.4 cm³/mol. The molecule has 0 atom stereocenters. The van der Waals surface area contributed by atoms with E-state index in [1.54, 1.807) is 7.11 Å². The van der Waals surface area contributed by atoms with Crippen molar-refractivity contribution in [2.24, 2.45) is 0 Å². The lowest BCUT2D eigenvalue weighted by atomic mass is 10.1. The van der Waals surface area contributed by atoms with Crippen molar-refractivity contribution in [2.75, 3.05) is 7.11 Å². The number of hydrogen-bond acceptors (Lipinski definition) is 4. The van der Waals surface area contributed by atoms with Crippen LogP contribution in [0.1, 0.15) is 5.56 Å². The predicted octanol–water partition coefficient (Wildman–Crippen LogP) is 2.72. The number of nitrogens with one attached hydrogen (secondary N) is 1. The van der Waals surface area contributed by atoms with E-state index in [1.165, 1.54) is 0 Å². The van der Waals surface area contributed by atoms with Crippen LogP contribution in [0, 0.1) is 11.8 Å². The highest BCUT2D eigenvalue weighted by Crippen LogP contribution is 2.23. The van der Waals surface area contributed by atoms with E-state index in [0.29, 0.717) is 5.82 Å². The number of nitrogens with zero attached hydrogens (tertiary/aromatic N) is 1. The third-order valence-electron chi connectivity index (χ3n) is 2.11. The second-order valence-electron chi connectivity index (χ2n) is 3.11. The zero-order chi connectivity index (χ0) is 10.8. The normalized spacial score (nSPS) is 10.3. The molecule has 0 fully saturated rings. The fourth-order valence-corrected chi connectivity index (χ4v) is 1.51. The molecule has 1 heterocycles. The minimum absolute atomic E-state index is 0.207. The van der Waals surface area contributed by atoms with Gasteiger partial charge in [0.25, 0.3) is 0 Å². The molecule has 2 aromatic rings. The van der Waals surface area contributed by atoms with E-state index >= 15 is 0 Å². The van der Waals surface area contributed by atoms with Crippen LogP contribution in [0.25, 0.3) is 11.4 Å². The Morgan fingerprint density at radius 1 is 1.47 bits per heavy atom. The maximum atomic E-state index is 5.17. The summed E-state index contributed by atoms with van der Waals surface area (Å²) in [6, 6.07) is 5.74. The summed E-state index contributed by atoms with van der Waals surface area (Å²) in [7, 11) is 1.64. The van der Waals surface area contributed by atoms with Gasteiger partial charge in [-0.2, -0.15) is 4.98 Å². The molecule has 4 nitrogen and oxygen atoms in total. The standard InChI is InChI=1S/C10H10N2O2S/c1-6-5-7(3-4-8(6)13-2)9-11-10(15)14-12-9/h3-5H,1-2H3,(H,11,12,15). The molecule has 0 unspecified atom stereocenters. The van der Waals surface area contributed by atoms with Crippen molar-refractivity contribution < 1.29 is 9.26 Å². The van der Waals surface area contributed by atoms with E-state index in [-0.39, 0.29) is 4.84 Å². The fourth-order valence-electron chi connectivity index (χ4n) is 1.38. The van der Waals surface area contributed by atoms with Crippen LogP contribution in [-0.2, 0) is 0 Å². The van der Waals surface area contributed by atoms with Gasteiger partial charge < -0.3 is 9.26 Å². The summed E-state index contributed by atoms with van der Waals surface area (Å²) in [6.07, 6.45) is 0. The first-order valence-electron chi connectivity index (χ1n) is 4.41. The van der Waals surface area contributed by atoms with Crippen molar-refractivity contribution in [3.63, 3.8) is 0 Å². The molecule has 0 aliphatic heterocycles. The summed E-state index contributed by atoms with van der Waals surface area (Å²) in [5, 5.41) is 2.66. The van der Waals surface area contributed by atoms with Gasteiger partial charge in [-0.15, -0.1) is 0 Å². The van der Waals surface area contributed by atoms with Gasteiger partial charge in [-0.3, -0.25) is 0 Å². The largest absolute Gasteiger partial charge is 0.496 e. The Labute approximate surface area is 91.9 Å². The Morgan fingerprint density at radius 3 is 2.80 bits per heavy atom. The topological polar surface area (TPSA) is 51.1 Å². The molecule has 2 rings (SSSR count). The van der Waals surface area contributed by atoms with Gasteiger partial charge >= 0.3 is 4.84 Å². The second kappa shape index (κ2) is 3.86. The number of ether oxygens (including phenoxy) is 1. The van der Waals surface area contributed by atoms with Crippen LogP contribution in [0.4, 0.5) is 0 Å². The summed E-state index contributed by atoms with van der Waals surface area (Å²) in [6.45, 7) is 1.97. The van der Waals surface area contributed by atoms with E-state index in [4.69, 9.17) is 21.5 Å². The minimum atomic E-state index is 0.207. The van der Waals surface area contributed by atoms with Crippen molar-refractivity contribution in [3.05, 3.63) is 28.6 Å². The number of aryl methyl sites for hydroxylation is 1. The number of H-pyrrole nitrogens is 1. The maximum absolute atomic E-state index is 5.17. The molecular formula is C10H10N2O2S. The highest BCUT2D eigenvalue weighted by molar-refractivity contribution is 7.71. The zero-order valence-electron chi connectivity index (χ0n) is 8.40. The molecular weight excluding hydrogens is 212 g/mol. The Hall–Kier alpha value is -1.62. The van der Waals surface area contributed by atoms with Crippen LogP contribution in [0.2, 0.25) is 0 Å². The lowest BCUT2D eigenvalue weighted by Crippen LogP contribution is -1.88. The Morgan fingerprint density at radius 2 is 2.27 bits per heavy atom. The smallest absolute Gasteiger partial charge is 0.314 e. The lowest BCUT2D eigenvalue weighted by molar-refractivity contribution is 0.406. The fraction of sp³-hybridized carbons (Fsp3) is 0.200. The zero-order valence-corrected chi connectivity index (χ0v) is 9.22. The van der Waals surface area contributed by atoms with Crippen molar-refractivity contribution >= 4 is 12.2 Å². The molecule has 0 bridgehead atoms. The summed E-state index contributed by atoms with van der Waals surface area (Å²) in [4.78, 5) is 4.24. The Bertz CT molecular complexity index is 530. The molecule has 1 N–H and O–H groups in total. The van der Waals surface area contributed by atoms with Crippen molar-refractivity contribution in [1.29, 1.82) is 0 Å². The van der Waals surface area contributed by atoms with Gasteiger partial charge in [0.1, 0.15) is 5.75 Å². The molecule has 0 radical (unpaired) electrons. The van der Waals surface area contributed by atoms with Crippen molar-refractivity contribution in [3.8, 4) is 17.1 Å². The van der Waals surface area contributed by atoms with Crippen LogP contribution < -0.4 is 4.74 Å². The molecule has 15 heavy (non-hydrogen) atoms. The molecule has 0 spiro atoms. The molecule has 0 aliphatic carbocycles. The summed E-state index contributed by atoms with van der Waals surface area (Å²) in [5.74, 6) is 1.48. The third kappa shape index (κ3) is 1.92. The summed E-state index contributed by atoms with van der Waals surface area (Å²) < 4.78 is 10.0. The highest BCUT2D eigenvalue weighted by atomic mass is 32.1. The quantitative estimate of drug-likeness (QED) is 0.794. The number of aromatic amines is 1. The number of rotatable bonds is 2. The number of hydrogen-bond donors (Lipinski definition) is 1. The minimum Gasteiger partial charge on any atom is -0.496 e. The van der Waals surface area contributed by atoms with Gasteiger partial charge in [0.2, 0.25) is 0 Å². The average molecular weight is 222 g/mol. The van der Waals surface area contributed by atoms with Crippen LogP contribution in [0.5, 0.6) is 5.75 Å². The number of methoxy groups -OCH3 is 1. The highest BCUT2D eigenvalue weighted by Gasteiger charge is 2.05. The van der Waals surface area contributed by atoms with Gasteiger partial charge in [-0.25, -0.2) is 5.16 Å². The molecule has 0 amide bonds. The monoisotopic (exact) mass is 222 g/mol. The Balaban J connectivity index is 2.46. The molecule has 0 saturated carbocycles. The van der Waals surface area contributed by atoms with E-state index in [9.17, 15) is 0 Å². The number of benzene rings is 1. The molecule has 78 valence electrons. The third-order valence-corrected chi connectivity index (χ3v) is 2.28. The first-order chi connectivity index (χ1) is 7.20. The van der Waals surface area contributed by atoms with Crippen LogP contribution >= 0.6 is 12.2 Å².